The second-order valence-corrected chi connectivity index (χ2v) is 11.9. The maximum Gasteiger partial charge on any atom is 0.305 e. The first-order valence-electron chi connectivity index (χ1n) is 12.3. The van der Waals surface area contributed by atoms with Crippen LogP contribution in [-0.4, -0.2) is 40.4 Å². The van der Waals surface area contributed by atoms with E-state index in [1.807, 2.05) is 31.4 Å². The Morgan fingerprint density at radius 2 is 1.86 bits per heavy atom. The first-order valence-corrected chi connectivity index (χ1v) is 13.2. The summed E-state index contributed by atoms with van der Waals surface area (Å²) in [6.07, 6.45) is 1.54. The third-order valence-electron chi connectivity index (χ3n) is 6.75. The van der Waals surface area contributed by atoms with Gasteiger partial charge in [-0.05, 0) is 71.7 Å². The fraction of sp³-hybridized carbons (Fsp3) is 0.536. The van der Waals surface area contributed by atoms with Gasteiger partial charge in [0, 0.05) is 17.8 Å². The number of carbonyl (C=O) groups excluding carboxylic acids is 2. The van der Waals surface area contributed by atoms with Crippen LogP contribution in [0.25, 0.3) is 10.4 Å². The summed E-state index contributed by atoms with van der Waals surface area (Å²) in [5.74, 6) is -1.06. The number of benzene rings is 1. The number of piperidine rings is 1. The second-order valence-electron chi connectivity index (χ2n) is 11.0. The molecule has 2 amide bonds. The van der Waals surface area contributed by atoms with Crippen molar-refractivity contribution >= 4 is 29.1 Å². The van der Waals surface area contributed by atoms with Crippen molar-refractivity contribution in [3.8, 4) is 10.4 Å². The summed E-state index contributed by atoms with van der Waals surface area (Å²) < 4.78 is 0. The molecule has 0 bridgehead atoms. The molecule has 1 aliphatic heterocycles. The van der Waals surface area contributed by atoms with Crippen molar-refractivity contribution < 1.29 is 19.5 Å². The smallest absolute Gasteiger partial charge is 0.305 e. The monoisotopic (exact) mass is 498 g/mol. The predicted molar refractivity (Wildman–Crippen MR) is 140 cm³/mol. The van der Waals surface area contributed by atoms with Gasteiger partial charge in [0.15, 0.2) is 0 Å². The molecule has 7 heteroatoms. The molecule has 2 N–H and O–H groups in total. The van der Waals surface area contributed by atoms with Gasteiger partial charge < -0.3 is 15.3 Å². The fourth-order valence-corrected chi connectivity index (χ4v) is 6.03. The molecule has 35 heavy (non-hydrogen) atoms. The van der Waals surface area contributed by atoms with Gasteiger partial charge in [0.2, 0.25) is 11.8 Å². The van der Waals surface area contributed by atoms with Crippen LogP contribution in [0.5, 0.6) is 0 Å². The predicted octanol–water partition coefficient (Wildman–Crippen LogP) is 5.73. The molecule has 190 valence electrons. The molecule has 1 fully saturated rings. The first kappa shape index (κ1) is 26.9. The van der Waals surface area contributed by atoms with Gasteiger partial charge in [0.05, 0.1) is 12.5 Å². The van der Waals surface area contributed by atoms with E-state index in [9.17, 15) is 19.5 Å². The quantitative estimate of drug-likeness (QED) is 0.462. The Balaban J connectivity index is 1.89. The van der Waals surface area contributed by atoms with Crippen molar-refractivity contribution in [2.45, 2.75) is 79.3 Å². The van der Waals surface area contributed by atoms with Gasteiger partial charge in [-0.25, -0.2) is 0 Å². The number of carbonyl (C=O) groups is 3. The minimum absolute atomic E-state index is 0.00671. The summed E-state index contributed by atoms with van der Waals surface area (Å²) in [5.41, 5.74) is 4.17. The number of aryl methyl sites for hydroxylation is 2. The molecule has 6 nitrogen and oxygen atoms in total. The number of hydrogen-bond acceptors (Lipinski definition) is 4. The van der Waals surface area contributed by atoms with Gasteiger partial charge in [-0.1, -0.05) is 45.9 Å². The Hall–Kier alpha value is -2.67. The lowest BCUT2D eigenvalue weighted by Crippen LogP contribution is -2.55. The molecule has 1 aromatic carbocycles. The molecule has 2 heterocycles. The van der Waals surface area contributed by atoms with Crippen LogP contribution in [0.1, 0.15) is 76.1 Å². The third-order valence-corrected chi connectivity index (χ3v) is 7.72. The number of nitrogens with zero attached hydrogens (tertiary/aromatic N) is 1. The van der Waals surface area contributed by atoms with Crippen LogP contribution < -0.4 is 5.32 Å². The van der Waals surface area contributed by atoms with Gasteiger partial charge in [0.25, 0.3) is 0 Å². The van der Waals surface area contributed by atoms with Crippen LogP contribution in [0.2, 0.25) is 0 Å². The number of rotatable bonds is 9. The Bertz CT molecular complexity index is 1070. The van der Waals surface area contributed by atoms with E-state index in [4.69, 9.17) is 0 Å². The largest absolute Gasteiger partial charge is 0.481 e. The molecule has 1 saturated heterocycles. The van der Waals surface area contributed by atoms with Crippen molar-refractivity contribution in [2.24, 2.45) is 11.3 Å². The molecule has 0 saturated carbocycles. The summed E-state index contributed by atoms with van der Waals surface area (Å²) in [5, 5.41) is 14.5. The zero-order valence-electron chi connectivity index (χ0n) is 21.7. The fourth-order valence-electron chi connectivity index (χ4n) is 4.89. The third kappa shape index (κ3) is 6.72. The lowest BCUT2D eigenvalue weighted by molar-refractivity contribution is -0.147. The number of thiophene rings is 1. The Morgan fingerprint density at radius 3 is 2.46 bits per heavy atom. The molecule has 1 aliphatic rings. The highest BCUT2D eigenvalue weighted by molar-refractivity contribution is 7.13. The van der Waals surface area contributed by atoms with Crippen LogP contribution in [0, 0.1) is 25.2 Å². The average Bonchev–Trinajstić information content (AvgIpc) is 3.22. The summed E-state index contributed by atoms with van der Waals surface area (Å²) >= 11 is 1.55. The average molecular weight is 499 g/mol. The summed E-state index contributed by atoms with van der Waals surface area (Å²) in [6, 6.07) is 6.85. The molecular formula is C28H38N2O4S. The normalized spacial score (nSPS) is 17.3. The van der Waals surface area contributed by atoms with Crippen molar-refractivity contribution in [1.29, 1.82) is 0 Å². The summed E-state index contributed by atoms with van der Waals surface area (Å²) in [6.45, 7) is 12.9. The molecule has 2 aromatic rings. The zero-order valence-corrected chi connectivity index (χ0v) is 22.5. The van der Waals surface area contributed by atoms with Gasteiger partial charge in [0.1, 0.15) is 6.04 Å². The molecule has 3 rings (SSSR count). The lowest BCUT2D eigenvalue weighted by Gasteiger charge is -2.42. The molecule has 1 aromatic heterocycles. The van der Waals surface area contributed by atoms with Gasteiger partial charge in [-0.2, -0.15) is 0 Å². The number of nitrogens with one attached hydrogen (secondary N) is 1. The SMILES string of the molecule is Cc1cccc(C)c1-c1cc([C@@H](CC(=O)O)NC(=O)[C@H](CC(C)C)N2CC(C)(C)CCC2=O)cs1. The maximum absolute atomic E-state index is 13.6. The summed E-state index contributed by atoms with van der Waals surface area (Å²) in [7, 11) is 0. The van der Waals surface area contributed by atoms with Crippen molar-refractivity contribution in [3.05, 3.63) is 46.3 Å². The van der Waals surface area contributed by atoms with E-state index in [0.717, 1.165) is 33.6 Å². The molecule has 0 unspecified atom stereocenters. The maximum atomic E-state index is 13.6. The van der Waals surface area contributed by atoms with Crippen molar-refractivity contribution in [2.75, 3.05) is 6.54 Å². The van der Waals surface area contributed by atoms with Gasteiger partial charge in [-0.3, -0.25) is 14.4 Å². The van der Waals surface area contributed by atoms with E-state index in [1.165, 1.54) is 0 Å². The number of carboxylic acids is 1. The highest BCUT2D eigenvalue weighted by Crippen LogP contribution is 2.36. The molecule has 0 radical (unpaired) electrons. The van der Waals surface area contributed by atoms with E-state index in [-0.39, 0.29) is 29.6 Å². The second kappa shape index (κ2) is 10.9. The van der Waals surface area contributed by atoms with Crippen LogP contribution in [-0.2, 0) is 14.4 Å². The van der Waals surface area contributed by atoms with Crippen LogP contribution >= 0.6 is 11.3 Å². The Morgan fingerprint density at radius 1 is 1.20 bits per heavy atom. The number of aliphatic carboxylic acids is 1. The number of likely N-dealkylation sites (tertiary alicyclic amines) is 1. The summed E-state index contributed by atoms with van der Waals surface area (Å²) in [4.78, 5) is 40.9. The van der Waals surface area contributed by atoms with Crippen LogP contribution in [0.4, 0.5) is 0 Å². The lowest BCUT2D eigenvalue weighted by atomic mass is 9.82. The number of hydrogen-bond donors (Lipinski definition) is 2. The van der Waals surface area contributed by atoms with Crippen LogP contribution in [0.15, 0.2) is 29.6 Å². The number of amides is 2. The standard InChI is InChI=1S/C28H38N2O4S/c1-17(2)12-22(30-16-28(5,6)11-10-24(30)31)27(34)29-21(14-25(32)33)20-13-23(35-15-20)26-18(3)8-7-9-19(26)4/h7-9,13,15,17,21-22H,10-12,14,16H2,1-6H3,(H,29,34)(H,32,33)/t21-,22+/m1/s1. The minimum atomic E-state index is -0.981. The zero-order chi connectivity index (χ0) is 25.9. The highest BCUT2D eigenvalue weighted by Gasteiger charge is 2.39. The topological polar surface area (TPSA) is 86.7 Å². The molecule has 0 spiro atoms. The van der Waals surface area contributed by atoms with E-state index in [1.54, 1.807) is 16.2 Å². The minimum Gasteiger partial charge on any atom is -0.481 e. The Labute approximate surface area is 212 Å². The van der Waals surface area contributed by atoms with E-state index in [0.29, 0.717) is 19.4 Å². The van der Waals surface area contributed by atoms with Crippen molar-refractivity contribution in [1.82, 2.24) is 10.2 Å². The van der Waals surface area contributed by atoms with E-state index in [2.05, 4.69) is 45.1 Å². The highest BCUT2D eigenvalue weighted by atomic mass is 32.1. The first-order chi connectivity index (χ1) is 16.4. The van der Waals surface area contributed by atoms with Gasteiger partial charge >= 0.3 is 5.97 Å². The molecule has 2 atom stereocenters. The number of carboxylic acid groups (broad SMARTS) is 1. The Kier molecular flexibility index (Phi) is 8.42. The van der Waals surface area contributed by atoms with Crippen molar-refractivity contribution in [3.63, 3.8) is 0 Å². The van der Waals surface area contributed by atoms with Gasteiger partial charge in [-0.15, -0.1) is 11.3 Å². The molecule has 0 aliphatic carbocycles. The van der Waals surface area contributed by atoms with E-state index >= 15 is 0 Å². The molecular weight excluding hydrogens is 460 g/mol. The van der Waals surface area contributed by atoms with Crippen LogP contribution in [0.3, 0.4) is 0 Å². The van der Waals surface area contributed by atoms with E-state index < -0.39 is 18.1 Å².